The van der Waals surface area contributed by atoms with E-state index >= 15 is 0 Å². The number of amides is 2. The van der Waals surface area contributed by atoms with Crippen molar-refractivity contribution in [2.75, 3.05) is 23.9 Å². The molecule has 132 valence electrons. The molecule has 0 atom stereocenters. The fourth-order valence-electron chi connectivity index (χ4n) is 2.27. The summed E-state index contributed by atoms with van der Waals surface area (Å²) in [6, 6.07) is 12.1. The van der Waals surface area contributed by atoms with E-state index in [-0.39, 0.29) is 29.8 Å². The number of hydrogen-bond donors (Lipinski definition) is 1. The third kappa shape index (κ3) is 5.11. The van der Waals surface area contributed by atoms with Gasteiger partial charge in [0.2, 0.25) is 11.8 Å². The van der Waals surface area contributed by atoms with Gasteiger partial charge in [0.15, 0.2) is 0 Å². The molecule has 0 spiro atoms. The molecule has 5 nitrogen and oxygen atoms in total. The number of nitrogens with zero attached hydrogens (tertiary/aromatic N) is 1. The summed E-state index contributed by atoms with van der Waals surface area (Å²) < 4.78 is 5.17. The molecule has 0 aromatic heterocycles. The van der Waals surface area contributed by atoms with E-state index in [4.69, 9.17) is 27.9 Å². The van der Waals surface area contributed by atoms with E-state index in [0.717, 1.165) is 0 Å². The number of nitrogens with one attached hydrogen (secondary N) is 1. The van der Waals surface area contributed by atoms with E-state index in [1.54, 1.807) is 49.6 Å². The maximum Gasteiger partial charge on any atom is 0.226 e. The van der Waals surface area contributed by atoms with Gasteiger partial charge in [-0.25, -0.2) is 0 Å². The molecule has 0 saturated heterocycles. The summed E-state index contributed by atoms with van der Waals surface area (Å²) in [5.41, 5.74) is 1.11. The summed E-state index contributed by atoms with van der Waals surface area (Å²) in [6.45, 7) is 1.68. The fraction of sp³-hybridized carbons (Fsp3) is 0.222. The van der Waals surface area contributed by atoms with Crippen LogP contribution in [0.5, 0.6) is 5.75 Å². The van der Waals surface area contributed by atoms with E-state index in [1.807, 2.05) is 0 Å². The van der Waals surface area contributed by atoms with E-state index < -0.39 is 0 Å². The highest BCUT2D eigenvalue weighted by molar-refractivity contribution is 6.43. The van der Waals surface area contributed by atoms with Crippen LogP contribution in [0.2, 0.25) is 10.0 Å². The lowest BCUT2D eigenvalue weighted by atomic mass is 10.2. The molecular formula is C18H18Cl2N2O3. The molecule has 1 N–H and O–H groups in total. The summed E-state index contributed by atoms with van der Waals surface area (Å²) in [4.78, 5) is 25.6. The van der Waals surface area contributed by atoms with Gasteiger partial charge < -0.3 is 15.0 Å². The van der Waals surface area contributed by atoms with E-state index in [1.165, 1.54) is 11.8 Å². The van der Waals surface area contributed by atoms with Crippen LogP contribution in [0.1, 0.15) is 13.3 Å². The molecule has 0 aliphatic rings. The number of anilines is 2. The average molecular weight is 381 g/mol. The number of hydrogen-bond acceptors (Lipinski definition) is 3. The molecule has 0 aliphatic heterocycles. The monoisotopic (exact) mass is 380 g/mol. The third-order valence-electron chi connectivity index (χ3n) is 3.53. The maximum absolute atomic E-state index is 12.2. The maximum atomic E-state index is 12.2. The summed E-state index contributed by atoms with van der Waals surface area (Å²) in [6.07, 6.45) is 0.111. The summed E-state index contributed by atoms with van der Waals surface area (Å²) in [5.74, 6) is 0.207. The first-order chi connectivity index (χ1) is 11.9. The van der Waals surface area contributed by atoms with E-state index in [0.29, 0.717) is 22.1 Å². The molecule has 0 fully saturated rings. The number of methoxy groups -OCH3 is 1. The minimum absolute atomic E-state index is 0.111. The van der Waals surface area contributed by atoms with Gasteiger partial charge in [0.05, 0.1) is 22.8 Å². The standard InChI is InChI=1S/C18H18Cl2N2O3/c1-12(23)22(13-5-3-6-14(11-13)25-2)10-9-17(24)21-16-8-4-7-15(19)18(16)20/h3-8,11H,9-10H2,1-2H3,(H,21,24). The predicted octanol–water partition coefficient (Wildman–Crippen LogP) is 4.38. The van der Waals surface area contributed by atoms with Crippen molar-refractivity contribution in [3.05, 3.63) is 52.5 Å². The van der Waals surface area contributed by atoms with Gasteiger partial charge in [0, 0.05) is 31.6 Å². The molecule has 0 radical (unpaired) electrons. The molecule has 0 aliphatic carbocycles. The van der Waals surface area contributed by atoms with Crippen LogP contribution in [-0.2, 0) is 9.59 Å². The summed E-state index contributed by atoms with van der Waals surface area (Å²) in [7, 11) is 1.55. The zero-order chi connectivity index (χ0) is 18.4. The number of carbonyl (C=O) groups is 2. The van der Waals surface area contributed by atoms with Crippen LogP contribution in [0.3, 0.4) is 0 Å². The molecular weight excluding hydrogens is 363 g/mol. The van der Waals surface area contributed by atoms with Crippen molar-refractivity contribution in [3.8, 4) is 5.75 Å². The Morgan fingerprint density at radius 1 is 1.16 bits per heavy atom. The van der Waals surface area contributed by atoms with Crippen LogP contribution >= 0.6 is 23.2 Å². The second kappa shape index (κ2) is 8.74. The third-order valence-corrected chi connectivity index (χ3v) is 4.35. The second-order valence-corrected chi connectivity index (χ2v) is 6.06. The van der Waals surface area contributed by atoms with Crippen LogP contribution in [0.25, 0.3) is 0 Å². The van der Waals surface area contributed by atoms with E-state index in [2.05, 4.69) is 5.32 Å². The molecule has 7 heteroatoms. The van der Waals surface area contributed by atoms with Crippen molar-refractivity contribution >= 4 is 46.4 Å². The SMILES string of the molecule is COc1cccc(N(CCC(=O)Nc2cccc(Cl)c2Cl)C(C)=O)c1. The topological polar surface area (TPSA) is 58.6 Å². The lowest BCUT2D eigenvalue weighted by molar-refractivity contribution is -0.117. The zero-order valence-corrected chi connectivity index (χ0v) is 15.4. The Balaban J connectivity index is 2.04. The first kappa shape index (κ1) is 19.1. The Morgan fingerprint density at radius 2 is 1.88 bits per heavy atom. The summed E-state index contributed by atoms with van der Waals surface area (Å²) in [5, 5.41) is 3.35. The number of rotatable bonds is 6. The Morgan fingerprint density at radius 3 is 2.56 bits per heavy atom. The number of benzene rings is 2. The zero-order valence-electron chi connectivity index (χ0n) is 13.9. The van der Waals surface area contributed by atoms with Gasteiger partial charge in [-0.2, -0.15) is 0 Å². The van der Waals surface area contributed by atoms with Gasteiger partial charge in [0.1, 0.15) is 5.75 Å². The van der Waals surface area contributed by atoms with Crippen molar-refractivity contribution < 1.29 is 14.3 Å². The van der Waals surface area contributed by atoms with Crippen LogP contribution in [-0.4, -0.2) is 25.5 Å². The van der Waals surface area contributed by atoms with Crippen LogP contribution < -0.4 is 15.0 Å². The highest BCUT2D eigenvalue weighted by Crippen LogP contribution is 2.29. The fourth-order valence-corrected chi connectivity index (χ4v) is 2.62. The Kier molecular flexibility index (Phi) is 6.67. The lowest BCUT2D eigenvalue weighted by Gasteiger charge is -2.21. The van der Waals surface area contributed by atoms with Crippen LogP contribution in [0.4, 0.5) is 11.4 Å². The number of carbonyl (C=O) groups excluding carboxylic acids is 2. The first-order valence-electron chi connectivity index (χ1n) is 7.58. The second-order valence-electron chi connectivity index (χ2n) is 5.27. The molecule has 25 heavy (non-hydrogen) atoms. The molecule has 2 aromatic rings. The van der Waals surface area contributed by atoms with Crippen LogP contribution in [0.15, 0.2) is 42.5 Å². The van der Waals surface area contributed by atoms with Crippen molar-refractivity contribution in [1.29, 1.82) is 0 Å². The smallest absolute Gasteiger partial charge is 0.226 e. The van der Waals surface area contributed by atoms with Gasteiger partial charge in [-0.1, -0.05) is 35.3 Å². The Labute approximate surface area is 156 Å². The van der Waals surface area contributed by atoms with Crippen molar-refractivity contribution in [2.45, 2.75) is 13.3 Å². The molecule has 2 rings (SSSR count). The lowest BCUT2D eigenvalue weighted by Crippen LogP contribution is -2.32. The number of ether oxygens (including phenoxy) is 1. The van der Waals surface area contributed by atoms with Gasteiger partial charge in [-0.15, -0.1) is 0 Å². The van der Waals surface area contributed by atoms with Crippen molar-refractivity contribution in [3.63, 3.8) is 0 Å². The Bertz CT molecular complexity index is 781. The van der Waals surface area contributed by atoms with Crippen molar-refractivity contribution in [1.82, 2.24) is 0 Å². The average Bonchev–Trinajstić information content (AvgIpc) is 2.59. The highest BCUT2D eigenvalue weighted by Gasteiger charge is 2.15. The number of halogens is 2. The van der Waals surface area contributed by atoms with Crippen molar-refractivity contribution in [2.24, 2.45) is 0 Å². The van der Waals surface area contributed by atoms with E-state index in [9.17, 15) is 9.59 Å². The Hall–Kier alpha value is -2.24. The minimum Gasteiger partial charge on any atom is -0.497 e. The first-order valence-corrected chi connectivity index (χ1v) is 8.34. The molecule has 0 bridgehead atoms. The molecule has 0 heterocycles. The molecule has 2 amide bonds. The largest absolute Gasteiger partial charge is 0.497 e. The normalized spacial score (nSPS) is 10.2. The molecule has 2 aromatic carbocycles. The highest BCUT2D eigenvalue weighted by atomic mass is 35.5. The quantitative estimate of drug-likeness (QED) is 0.808. The predicted molar refractivity (Wildman–Crippen MR) is 101 cm³/mol. The van der Waals surface area contributed by atoms with Gasteiger partial charge in [0.25, 0.3) is 0 Å². The van der Waals surface area contributed by atoms with Crippen LogP contribution in [0, 0.1) is 0 Å². The van der Waals surface area contributed by atoms with Gasteiger partial charge >= 0.3 is 0 Å². The molecule has 0 unspecified atom stereocenters. The summed E-state index contributed by atoms with van der Waals surface area (Å²) >= 11 is 12.0. The molecule has 0 saturated carbocycles. The minimum atomic E-state index is -0.265. The van der Waals surface area contributed by atoms with Gasteiger partial charge in [-0.3, -0.25) is 9.59 Å². The van der Waals surface area contributed by atoms with Gasteiger partial charge in [-0.05, 0) is 24.3 Å².